The highest BCUT2D eigenvalue weighted by Crippen LogP contribution is 1.95. The first kappa shape index (κ1) is 8.34. The fourth-order valence-electron chi connectivity index (χ4n) is 0.598. The summed E-state index contributed by atoms with van der Waals surface area (Å²) in [5.74, 6) is 0.631. The van der Waals surface area contributed by atoms with Crippen molar-refractivity contribution >= 4 is 6.21 Å². The minimum absolute atomic E-state index is 0.313. The Hall–Kier alpha value is -1.76. The first-order valence-electron chi connectivity index (χ1n) is 3.49. The van der Waals surface area contributed by atoms with E-state index in [0.717, 1.165) is 0 Å². The van der Waals surface area contributed by atoms with Gasteiger partial charge < -0.3 is 9.25 Å². The Morgan fingerprint density at radius 3 is 3.33 bits per heavy atom. The molecule has 0 saturated heterocycles. The third-order valence-electron chi connectivity index (χ3n) is 1.10. The molecule has 0 aliphatic rings. The van der Waals surface area contributed by atoms with Crippen LogP contribution in [-0.4, -0.2) is 12.8 Å². The lowest BCUT2D eigenvalue weighted by atomic mass is 10.5. The summed E-state index contributed by atoms with van der Waals surface area (Å²) in [7, 11) is 0. The van der Waals surface area contributed by atoms with E-state index in [1.54, 1.807) is 18.4 Å². The number of nitrogens with zero attached hydrogens (tertiary/aromatic N) is 2. The molecule has 0 fully saturated rings. The molecule has 0 radical (unpaired) electrons. The largest absolute Gasteiger partial charge is 0.463 e. The standard InChI is InChI=1S/C8H8N2O2/c9-4-2-6-12-10-7-8-3-1-5-11-8/h1,3,5,7H,2,6H2. The molecular formula is C8H8N2O2. The van der Waals surface area contributed by atoms with Crippen LogP contribution in [0.1, 0.15) is 12.2 Å². The number of rotatable bonds is 4. The van der Waals surface area contributed by atoms with Crippen LogP contribution in [0.15, 0.2) is 28.0 Å². The van der Waals surface area contributed by atoms with Crippen LogP contribution in [0.4, 0.5) is 0 Å². The van der Waals surface area contributed by atoms with Crippen molar-refractivity contribution in [2.75, 3.05) is 6.61 Å². The van der Waals surface area contributed by atoms with Gasteiger partial charge in [-0.15, -0.1) is 0 Å². The molecule has 1 aromatic rings. The number of oxime groups is 1. The van der Waals surface area contributed by atoms with Crippen LogP contribution in [0, 0.1) is 11.3 Å². The van der Waals surface area contributed by atoms with Crippen LogP contribution >= 0.6 is 0 Å². The van der Waals surface area contributed by atoms with E-state index in [0.29, 0.717) is 18.8 Å². The SMILES string of the molecule is N#CCCON=Cc1ccco1. The second-order valence-electron chi connectivity index (χ2n) is 1.99. The van der Waals surface area contributed by atoms with Gasteiger partial charge in [0.25, 0.3) is 0 Å². The van der Waals surface area contributed by atoms with E-state index >= 15 is 0 Å². The summed E-state index contributed by atoms with van der Waals surface area (Å²) in [6, 6.07) is 5.46. The Bertz CT molecular complexity index is 272. The normalized spacial score (nSPS) is 9.92. The summed E-state index contributed by atoms with van der Waals surface area (Å²) in [6.45, 7) is 0.313. The van der Waals surface area contributed by atoms with Crippen LogP contribution in [-0.2, 0) is 4.84 Å². The summed E-state index contributed by atoms with van der Waals surface area (Å²) in [5.41, 5.74) is 0. The minimum Gasteiger partial charge on any atom is -0.463 e. The highest BCUT2D eigenvalue weighted by molar-refractivity contribution is 5.74. The van der Waals surface area contributed by atoms with Crippen LogP contribution < -0.4 is 0 Å². The first-order valence-corrected chi connectivity index (χ1v) is 3.49. The second kappa shape index (κ2) is 4.97. The Kier molecular flexibility index (Phi) is 3.45. The molecule has 1 rings (SSSR count). The maximum atomic E-state index is 8.15. The molecule has 1 aromatic heterocycles. The maximum Gasteiger partial charge on any atom is 0.148 e. The highest BCUT2D eigenvalue weighted by Gasteiger charge is 1.87. The molecule has 12 heavy (non-hydrogen) atoms. The second-order valence-corrected chi connectivity index (χ2v) is 1.99. The van der Waals surface area contributed by atoms with Crippen molar-refractivity contribution in [3.05, 3.63) is 24.2 Å². The zero-order chi connectivity index (χ0) is 8.65. The van der Waals surface area contributed by atoms with Crippen molar-refractivity contribution in [1.82, 2.24) is 0 Å². The maximum absolute atomic E-state index is 8.15. The quantitative estimate of drug-likeness (QED) is 0.385. The molecule has 0 spiro atoms. The van der Waals surface area contributed by atoms with Crippen LogP contribution in [0.5, 0.6) is 0 Å². The minimum atomic E-state index is 0.313. The summed E-state index contributed by atoms with van der Waals surface area (Å²) in [5, 5.41) is 11.7. The van der Waals surface area contributed by atoms with Gasteiger partial charge in [-0.2, -0.15) is 5.26 Å². The fourth-order valence-corrected chi connectivity index (χ4v) is 0.598. The Morgan fingerprint density at radius 1 is 1.75 bits per heavy atom. The molecule has 0 N–H and O–H groups in total. The van der Waals surface area contributed by atoms with Gasteiger partial charge in [-0.25, -0.2) is 0 Å². The number of furan rings is 1. The molecule has 4 nitrogen and oxygen atoms in total. The molecule has 0 aliphatic heterocycles. The molecule has 0 aliphatic carbocycles. The zero-order valence-corrected chi connectivity index (χ0v) is 6.43. The van der Waals surface area contributed by atoms with Crippen molar-refractivity contribution in [3.63, 3.8) is 0 Å². The Balaban J connectivity index is 2.20. The van der Waals surface area contributed by atoms with Gasteiger partial charge in [0, 0.05) is 0 Å². The van der Waals surface area contributed by atoms with Crippen molar-refractivity contribution in [2.24, 2.45) is 5.16 Å². The lowest BCUT2D eigenvalue weighted by Crippen LogP contribution is -1.85. The van der Waals surface area contributed by atoms with E-state index < -0.39 is 0 Å². The fraction of sp³-hybridized carbons (Fsp3) is 0.250. The van der Waals surface area contributed by atoms with Gasteiger partial charge in [0.1, 0.15) is 18.6 Å². The predicted molar refractivity (Wildman–Crippen MR) is 42.5 cm³/mol. The van der Waals surface area contributed by atoms with E-state index in [4.69, 9.17) is 14.5 Å². The average molecular weight is 164 g/mol. The van der Waals surface area contributed by atoms with Crippen molar-refractivity contribution in [2.45, 2.75) is 6.42 Å². The summed E-state index contributed by atoms with van der Waals surface area (Å²) in [4.78, 5) is 4.73. The molecule has 0 aromatic carbocycles. The van der Waals surface area contributed by atoms with Crippen molar-refractivity contribution < 1.29 is 9.25 Å². The first-order chi connectivity index (χ1) is 5.93. The molecule has 0 atom stereocenters. The van der Waals surface area contributed by atoms with E-state index in [1.807, 2.05) is 6.07 Å². The monoisotopic (exact) mass is 164 g/mol. The van der Waals surface area contributed by atoms with Crippen LogP contribution in [0.3, 0.4) is 0 Å². The smallest absolute Gasteiger partial charge is 0.148 e. The molecule has 0 bridgehead atoms. The molecule has 1 heterocycles. The molecule has 4 heteroatoms. The van der Waals surface area contributed by atoms with Gasteiger partial charge >= 0.3 is 0 Å². The van der Waals surface area contributed by atoms with E-state index in [1.165, 1.54) is 6.21 Å². The van der Waals surface area contributed by atoms with Gasteiger partial charge in [0.2, 0.25) is 0 Å². The number of hydrogen-bond acceptors (Lipinski definition) is 4. The molecule has 62 valence electrons. The summed E-state index contributed by atoms with van der Waals surface area (Å²) >= 11 is 0. The third-order valence-corrected chi connectivity index (χ3v) is 1.10. The molecular weight excluding hydrogens is 156 g/mol. The summed E-state index contributed by atoms with van der Waals surface area (Å²) < 4.78 is 4.95. The molecule has 0 saturated carbocycles. The summed E-state index contributed by atoms with van der Waals surface area (Å²) in [6.07, 6.45) is 3.35. The molecule has 0 unspecified atom stereocenters. The van der Waals surface area contributed by atoms with Crippen molar-refractivity contribution in [3.8, 4) is 6.07 Å². The predicted octanol–water partition coefficient (Wildman–Crippen LogP) is 1.54. The number of nitriles is 1. The zero-order valence-electron chi connectivity index (χ0n) is 6.43. The van der Waals surface area contributed by atoms with Gasteiger partial charge in [0.05, 0.1) is 18.8 Å². The van der Waals surface area contributed by atoms with Crippen LogP contribution in [0.2, 0.25) is 0 Å². The van der Waals surface area contributed by atoms with E-state index in [-0.39, 0.29) is 0 Å². The van der Waals surface area contributed by atoms with Gasteiger partial charge in [-0.05, 0) is 12.1 Å². The Labute approximate surface area is 70.0 Å². The van der Waals surface area contributed by atoms with Gasteiger partial charge in [-0.3, -0.25) is 0 Å². The van der Waals surface area contributed by atoms with E-state index in [9.17, 15) is 0 Å². The van der Waals surface area contributed by atoms with E-state index in [2.05, 4.69) is 5.16 Å². The van der Waals surface area contributed by atoms with Gasteiger partial charge in [-0.1, -0.05) is 5.16 Å². The number of hydrogen-bond donors (Lipinski definition) is 0. The lowest BCUT2D eigenvalue weighted by Gasteiger charge is -1.90. The van der Waals surface area contributed by atoms with Crippen molar-refractivity contribution in [1.29, 1.82) is 5.26 Å². The Morgan fingerprint density at radius 2 is 2.67 bits per heavy atom. The third kappa shape index (κ3) is 2.88. The average Bonchev–Trinajstić information content (AvgIpc) is 2.57. The van der Waals surface area contributed by atoms with Crippen LogP contribution in [0.25, 0.3) is 0 Å². The van der Waals surface area contributed by atoms with Gasteiger partial charge in [0.15, 0.2) is 0 Å². The lowest BCUT2D eigenvalue weighted by molar-refractivity contribution is 0.151. The molecule has 0 amide bonds. The highest BCUT2D eigenvalue weighted by atomic mass is 16.6. The topological polar surface area (TPSA) is 58.5 Å².